The minimum Gasteiger partial charge on any atom is -0.339 e. The van der Waals surface area contributed by atoms with Gasteiger partial charge in [0.05, 0.1) is 10.6 Å². The average Bonchev–Trinajstić information content (AvgIpc) is 2.84. The number of hydrogen-bond acceptors (Lipinski definition) is 3. The number of nitrogens with one attached hydrogen (secondary N) is 1. The van der Waals surface area contributed by atoms with Crippen LogP contribution < -0.4 is 5.32 Å². The number of piperidine rings is 1. The Bertz CT molecular complexity index is 1020. The predicted molar refractivity (Wildman–Crippen MR) is 124 cm³/mol. The van der Waals surface area contributed by atoms with Gasteiger partial charge in [0.25, 0.3) is 5.91 Å². The van der Waals surface area contributed by atoms with Crippen molar-refractivity contribution in [3.05, 3.63) is 64.9 Å². The number of rotatable bonds is 3. The summed E-state index contributed by atoms with van der Waals surface area (Å²) < 4.78 is 13.3. The van der Waals surface area contributed by atoms with Crippen LogP contribution in [-0.2, 0) is 4.79 Å². The van der Waals surface area contributed by atoms with E-state index in [0.717, 1.165) is 11.8 Å². The number of piperazine rings is 1. The molecule has 0 aromatic heterocycles. The van der Waals surface area contributed by atoms with Crippen LogP contribution in [0.25, 0.3) is 0 Å². The number of anilines is 1. The van der Waals surface area contributed by atoms with Gasteiger partial charge in [-0.1, -0.05) is 29.8 Å². The molecule has 2 saturated heterocycles. The zero-order chi connectivity index (χ0) is 23.4. The Kier molecular flexibility index (Phi) is 7.13. The van der Waals surface area contributed by atoms with E-state index in [-0.39, 0.29) is 34.3 Å². The SMILES string of the molecule is O=C(Nc1ccccc1)N1CCC(C(=O)N2CCN(C(=O)c3ccc(F)cc3Cl)CC2)CC1. The van der Waals surface area contributed by atoms with Gasteiger partial charge in [-0.3, -0.25) is 9.59 Å². The van der Waals surface area contributed by atoms with Crippen LogP contribution in [0.3, 0.4) is 0 Å². The Morgan fingerprint density at radius 1 is 0.848 bits per heavy atom. The van der Waals surface area contributed by atoms with Crippen LogP contribution >= 0.6 is 11.6 Å². The molecule has 2 fully saturated rings. The number of carbonyl (C=O) groups excluding carboxylic acids is 3. The molecule has 9 heteroatoms. The smallest absolute Gasteiger partial charge is 0.321 e. The van der Waals surface area contributed by atoms with Crippen LogP contribution in [0.5, 0.6) is 0 Å². The lowest BCUT2D eigenvalue weighted by Crippen LogP contribution is -2.53. The molecule has 0 aliphatic carbocycles. The first-order valence-electron chi connectivity index (χ1n) is 11.1. The fourth-order valence-electron chi connectivity index (χ4n) is 4.27. The quantitative estimate of drug-likeness (QED) is 0.740. The summed E-state index contributed by atoms with van der Waals surface area (Å²) >= 11 is 6.02. The summed E-state index contributed by atoms with van der Waals surface area (Å²) in [5, 5.41) is 2.96. The Hall–Kier alpha value is -3.13. The third-order valence-electron chi connectivity index (χ3n) is 6.20. The largest absolute Gasteiger partial charge is 0.339 e. The first-order valence-corrected chi connectivity index (χ1v) is 11.4. The number of likely N-dealkylation sites (tertiary alicyclic amines) is 1. The molecule has 1 N–H and O–H groups in total. The Morgan fingerprint density at radius 2 is 1.48 bits per heavy atom. The number of hydrogen-bond donors (Lipinski definition) is 1. The number of carbonyl (C=O) groups is 3. The van der Waals surface area contributed by atoms with Gasteiger partial charge in [0.1, 0.15) is 5.82 Å². The van der Waals surface area contributed by atoms with Gasteiger partial charge < -0.3 is 20.0 Å². The third-order valence-corrected chi connectivity index (χ3v) is 6.51. The lowest BCUT2D eigenvalue weighted by atomic mass is 9.95. The van der Waals surface area contributed by atoms with E-state index in [1.165, 1.54) is 12.1 Å². The highest BCUT2D eigenvalue weighted by atomic mass is 35.5. The number of nitrogens with zero attached hydrogens (tertiary/aromatic N) is 3. The fraction of sp³-hybridized carbons (Fsp3) is 0.375. The Balaban J connectivity index is 1.25. The number of amides is 4. The van der Waals surface area contributed by atoms with Gasteiger partial charge >= 0.3 is 6.03 Å². The van der Waals surface area contributed by atoms with Crippen molar-refractivity contribution in [2.45, 2.75) is 12.8 Å². The molecule has 4 rings (SSSR count). The van der Waals surface area contributed by atoms with E-state index in [1.807, 2.05) is 30.3 Å². The summed E-state index contributed by atoms with van der Waals surface area (Å²) in [6, 6.07) is 12.9. The first kappa shape index (κ1) is 23.0. The van der Waals surface area contributed by atoms with Crippen LogP contribution in [0.4, 0.5) is 14.9 Å². The molecule has 0 spiro atoms. The maximum absolute atomic E-state index is 13.3. The molecular weight excluding hydrogens is 447 g/mol. The van der Waals surface area contributed by atoms with Crippen molar-refractivity contribution in [2.24, 2.45) is 5.92 Å². The van der Waals surface area contributed by atoms with Gasteiger partial charge in [0, 0.05) is 50.9 Å². The summed E-state index contributed by atoms with van der Waals surface area (Å²) in [6.45, 7) is 2.73. The van der Waals surface area contributed by atoms with Crippen molar-refractivity contribution in [3.63, 3.8) is 0 Å². The second kappa shape index (κ2) is 10.2. The minimum absolute atomic E-state index is 0.0741. The molecular formula is C24H26ClFN4O3. The molecule has 0 radical (unpaired) electrons. The zero-order valence-electron chi connectivity index (χ0n) is 18.2. The van der Waals surface area contributed by atoms with Gasteiger partial charge in [-0.2, -0.15) is 0 Å². The molecule has 2 aromatic carbocycles. The van der Waals surface area contributed by atoms with Crippen molar-refractivity contribution in [1.29, 1.82) is 0 Å². The summed E-state index contributed by atoms with van der Waals surface area (Å²) in [7, 11) is 0. The standard InChI is InChI=1S/C24H26ClFN4O3/c25-21-16-18(26)6-7-20(21)23(32)29-14-12-28(13-15-29)22(31)17-8-10-30(11-9-17)24(33)27-19-4-2-1-3-5-19/h1-7,16-17H,8-15H2,(H,27,33). The van der Waals surface area contributed by atoms with Gasteiger partial charge in [0.15, 0.2) is 0 Å². The number of urea groups is 1. The summed E-state index contributed by atoms with van der Waals surface area (Å²) in [6.07, 6.45) is 1.23. The number of halogens is 2. The number of benzene rings is 2. The summed E-state index contributed by atoms with van der Waals surface area (Å²) in [4.78, 5) is 43.3. The molecule has 4 amide bonds. The fourth-order valence-corrected chi connectivity index (χ4v) is 4.52. The molecule has 7 nitrogen and oxygen atoms in total. The van der Waals surface area contributed by atoms with Gasteiger partial charge in [-0.05, 0) is 43.2 Å². The highest BCUT2D eigenvalue weighted by Crippen LogP contribution is 2.23. The average molecular weight is 473 g/mol. The molecule has 0 atom stereocenters. The Morgan fingerprint density at radius 3 is 2.12 bits per heavy atom. The second-order valence-electron chi connectivity index (χ2n) is 8.30. The van der Waals surface area contributed by atoms with E-state index < -0.39 is 5.82 Å². The maximum atomic E-state index is 13.3. The van der Waals surface area contributed by atoms with Crippen molar-refractivity contribution < 1.29 is 18.8 Å². The lowest BCUT2D eigenvalue weighted by molar-refractivity contribution is -0.138. The summed E-state index contributed by atoms with van der Waals surface area (Å²) in [5.41, 5.74) is 1.01. The molecule has 2 aromatic rings. The predicted octanol–water partition coefficient (Wildman–Crippen LogP) is 3.71. The van der Waals surface area contributed by atoms with E-state index in [2.05, 4.69) is 5.32 Å². The maximum Gasteiger partial charge on any atom is 0.321 e. The first-order chi connectivity index (χ1) is 15.9. The van der Waals surface area contributed by atoms with E-state index in [1.54, 1.807) is 14.7 Å². The van der Waals surface area contributed by atoms with Crippen molar-refractivity contribution in [1.82, 2.24) is 14.7 Å². The van der Waals surface area contributed by atoms with Gasteiger partial charge in [-0.25, -0.2) is 9.18 Å². The van der Waals surface area contributed by atoms with Crippen LogP contribution in [0.2, 0.25) is 5.02 Å². The molecule has 174 valence electrons. The van der Waals surface area contributed by atoms with Gasteiger partial charge in [0.2, 0.25) is 5.91 Å². The van der Waals surface area contributed by atoms with E-state index in [0.29, 0.717) is 52.1 Å². The van der Waals surface area contributed by atoms with Crippen molar-refractivity contribution in [2.75, 3.05) is 44.6 Å². The van der Waals surface area contributed by atoms with E-state index in [4.69, 9.17) is 11.6 Å². The molecule has 0 unspecified atom stereocenters. The molecule has 2 aliphatic rings. The highest BCUT2D eigenvalue weighted by Gasteiger charge is 2.33. The van der Waals surface area contributed by atoms with Crippen LogP contribution in [0.15, 0.2) is 48.5 Å². The zero-order valence-corrected chi connectivity index (χ0v) is 18.9. The monoisotopic (exact) mass is 472 g/mol. The summed E-state index contributed by atoms with van der Waals surface area (Å²) in [5.74, 6) is -0.801. The van der Waals surface area contributed by atoms with Crippen LogP contribution in [-0.4, -0.2) is 71.8 Å². The molecule has 2 aliphatic heterocycles. The molecule has 33 heavy (non-hydrogen) atoms. The van der Waals surface area contributed by atoms with Crippen molar-refractivity contribution in [3.8, 4) is 0 Å². The minimum atomic E-state index is -0.490. The van der Waals surface area contributed by atoms with Crippen LogP contribution in [0, 0.1) is 11.7 Å². The molecule has 0 bridgehead atoms. The third kappa shape index (κ3) is 5.45. The number of para-hydroxylation sites is 1. The molecule has 2 heterocycles. The van der Waals surface area contributed by atoms with Gasteiger partial charge in [-0.15, -0.1) is 0 Å². The topological polar surface area (TPSA) is 73.0 Å². The second-order valence-corrected chi connectivity index (χ2v) is 8.71. The lowest BCUT2D eigenvalue weighted by Gasteiger charge is -2.38. The highest BCUT2D eigenvalue weighted by molar-refractivity contribution is 6.33. The molecule has 0 saturated carbocycles. The van der Waals surface area contributed by atoms with E-state index in [9.17, 15) is 18.8 Å². The Labute approximate surface area is 197 Å². The van der Waals surface area contributed by atoms with Crippen molar-refractivity contribution >= 4 is 35.1 Å². The van der Waals surface area contributed by atoms with E-state index >= 15 is 0 Å². The normalized spacial score (nSPS) is 17.1. The van der Waals surface area contributed by atoms with Crippen LogP contribution in [0.1, 0.15) is 23.2 Å².